The minimum atomic E-state index is 0.0938. The van der Waals surface area contributed by atoms with Gasteiger partial charge >= 0.3 is 0 Å². The molecule has 0 saturated carbocycles. The standard InChI is InChI=1S/C20H23N5O/c1-23-11-6-10-18(23)20(26)24-12-5-9-17(14-24)19-22-21-15-25(19)13-16-7-3-2-4-8-16/h2-4,6-8,10-11,15,17H,5,9,12-14H2,1H3/t17-/m0/s1. The van der Waals surface area contributed by atoms with Crippen molar-refractivity contribution in [3.63, 3.8) is 0 Å². The molecular weight excluding hydrogens is 326 g/mol. The number of carbonyl (C=O) groups is 1. The van der Waals surface area contributed by atoms with Gasteiger partial charge in [-0.15, -0.1) is 10.2 Å². The lowest BCUT2D eigenvalue weighted by atomic mass is 9.96. The van der Waals surface area contributed by atoms with Crippen molar-refractivity contribution in [2.24, 2.45) is 7.05 Å². The summed E-state index contributed by atoms with van der Waals surface area (Å²) in [6.45, 7) is 2.25. The molecule has 3 aromatic rings. The van der Waals surface area contributed by atoms with Crippen LogP contribution < -0.4 is 0 Å². The third-order valence-electron chi connectivity index (χ3n) is 5.08. The van der Waals surface area contributed by atoms with Crippen molar-refractivity contribution in [1.29, 1.82) is 0 Å². The first-order valence-corrected chi connectivity index (χ1v) is 9.04. The number of aryl methyl sites for hydroxylation is 1. The van der Waals surface area contributed by atoms with E-state index in [0.717, 1.165) is 37.4 Å². The van der Waals surface area contributed by atoms with Gasteiger partial charge < -0.3 is 14.0 Å². The van der Waals surface area contributed by atoms with E-state index in [4.69, 9.17) is 0 Å². The molecule has 1 fully saturated rings. The summed E-state index contributed by atoms with van der Waals surface area (Å²) in [7, 11) is 1.91. The number of rotatable bonds is 4. The van der Waals surface area contributed by atoms with Crippen molar-refractivity contribution in [1.82, 2.24) is 24.2 Å². The van der Waals surface area contributed by atoms with Gasteiger partial charge in [-0.2, -0.15) is 0 Å². The summed E-state index contributed by atoms with van der Waals surface area (Å²) < 4.78 is 3.99. The second-order valence-electron chi connectivity index (χ2n) is 6.90. The van der Waals surface area contributed by atoms with Crippen LogP contribution in [0.1, 0.15) is 40.6 Å². The molecule has 3 heterocycles. The highest BCUT2D eigenvalue weighted by Crippen LogP contribution is 2.27. The first kappa shape index (κ1) is 16.6. The normalized spacial score (nSPS) is 17.4. The zero-order valence-electron chi connectivity index (χ0n) is 15.0. The molecule has 0 unspecified atom stereocenters. The predicted molar refractivity (Wildman–Crippen MR) is 98.9 cm³/mol. The summed E-state index contributed by atoms with van der Waals surface area (Å²) in [6, 6.07) is 14.1. The van der Waals surface area contributed by atoms with Crippen LogP contribution in [0.3, 0.4) is 0 Å². The average Bonchev–Trinajstić information content (AvgIpc) is 3.31. The van der Waals surface area contributed by atoms with E-state index in [1.165, 1.54) is 5.56 Å². The number of hydrogen-bond donors (Lipinski definition) is 0. The van der Waals surface area contributed by atoms with Gasteiger partial charge in [0.1, 0.15) is 17.8 Å². The van der Waals surface area contributed by atoms with Crippen molar-refractivity contribution < 1.29 is 4.79 Å². The van der Waals surface area contributed by atoms with Crippen LogP contribution in [-0.4, -0.2) is 43.2 Å². The molecule has 1 amide bonds. The van der Waals surface area contributed by atoms with E-state index in [2.05, 4.69) is 26.9 Å². The molecule has 0 spiro atoms. The van der Waals surface area contributed by atoms with E-state index < -0.39 is 0 Å². The van der Waals surface area contributed by atoms with E-state index in [-0.39, 0.29) is 11.8 Å². The van der Waals surface area contributed by atoms with Crippen LogP contribution in [0.2, 0.25) is 0 Å². The van der Waals surface area contributed by atoms with Gasteiger partial charge in [0.25, 0.3) is 5.91 Å². The van der Waals surface area contributed by atoms with Gasteiger partial charge in [0, 0.05) is 32.3 Å². The summed E-state index contributed by atoms with van der Waals surface area (Å²) in [5, 5.41) is 8.51. The maximum atomic E-state index is 12.8. The number of hydrogen-bond acceptors (Lipinski definition) is 3. The highest BCUT2D eigenvalue weighted by Gasteiger charge is 2.29. The number of amides is 1. The molecule has 0 bridgehead atoms. The van der Waals surface area contributed by atoms with E-state index in [9.17, 15) is 4.79 Å². The fourth-order valence-electron chi connectivity index (χ4n) is 3.70. The Morgan fingerprint density at radius 1 is 1.19 bits per heavy atom. The van der Waals surface area contributed by atoms with Crippen LogP contribution in [0.4, 0.5) is 0 Å². The molecule has 1 aliphatic heterocycles. The molecule has 1 atom stereocenters. The van der Waals surface area contributed by atoms with Crippen LogP contribution >= 0.6 is 0 Å². The Bertz CT molecular complexity index is 883. The van der Waals surface area contributed by atoms with Gasteiger partial charge in [0.15, 0.2) is 0 Å². The van der Waals surface area contributed by atoms with Crippen LogP contribution in [0.25, 0.3) is 0 Å². The van der Waals surface area contributed by atoms with E-state index in [0.29, 0.717) is 6.54 Å². The first-order valence-electron chi connectivity index (χ1n) is 9.04. The third-order valence-corrected chi connectivity index (χ3v) is 5.08. The fraction of sp³-hybridized carbons (Fsp3) is 0.350. The van der Waals surface area contributed by atoms with Gasteiger partial charge in [-0.1, -0.05) is 30.3 Å². The van der Waals surface area contributed by atoms with Crippen molar-refractivity contribution in [2.75, 3.05) is 13.1 Å². The summed E-state index contributed by atoms with van der Waals surface area (Å²) in [5.41, 5.74) is 1.96. The highest BCUT2D eigenvalue weighted by molar-refractivity contribution is 5.92. The van der Waals surface area contributed by atoms with Crippen LogP contribution in [0, 0.1) is 0 Å². The van der Waals surface area contributed by atoms with Crippen molar-refractivity contribution >= 4 is 5.91 Å². The minimum Gasteiger partial charge on any atom is -0.347 e. The summed E-state index contributed by atoms with van der Waals surface area (Å²) in [6.07, 6.45) is 5.72. The predicted octanol–water partition coefficient (Wildman–Crippen LogP) is 2.68. The summed E-state index contributed by atoms with van der Waals surface area (Å²) >= 11 is 0. The fourth-order valence-corrected chi connectivity index (χ4v) is 3.70. The lowest BCUT2D eigenvalue weighted by molar-refractivity contribution is 0.0693. The Morgan fingerprint density at radius 2 is 2.04 bits per heavy atom. The minimum absolute atomic E-state index is 0.0938. The van der Waals surface area contributed by atoms with Gasteiger partial charge in [-0.25, -0.2) is 0 Å². The van der Waals surface area contributed by atoms with Crippen molar-refractivity contribution in [3.05, 3.63) is 72.1 Å². The van der Waals surface area contributed by atoms with Crippen LogP contribution in [0.15, 0.2) is 55.0 Å². The molecule has 4 rings (SSSR count). The Hall–Kier alpha value is -2.89. The van der Waals surface area contributed by atoms with Gasteiger partial charge in [-0.05, 0) is 30.5 Å². The SMILES string of the molecule is Cn1cccc1C(=O)N1CCC[C@H](c2nncn2Cc2ccccc2)C1. The zero-order chi connectivity index (χ0) is 17.9. The zero-order valence-corrected chi connectivity index (χ0v) is 15.0. The van der Waals surface area contributed by atoms with E-state index in [1.54, 1.807) is 6.33 Å². The number of aromatic nitrogens is 4. The monoisotopic (exact) mass is 349 g/mol. The molecule has 0 N–H and O–H groups in total. The molecule has 1 aliphatic rings. The van der Waals surface area contributed by atoms with Crippen LogP contribution in [0.5, 0.6) is 0 Å². The lowest BCUT2D eigenvalue weighted by Crippen LogP contribution is -2.40. The largest absolute Gasteiger partial charge is 0.347 e. The second-order valence-corrected chi connectivity index (χ2v) is 6.90. The van der Waals surface area contributed by atoms with Gasteiger partial charge in [0.2, 0.25) is 0 Å². The molecule has 0 radical (unpaired) electrons. The van der Waals surface area contributed by atoms with E-state index in [1.807, 2.05) is 53.0 Å². The quantitative estimate of drug-likeness (QED) is 0.728. The summed E-state index contributed by atoms with van der Waals surface area (Å²) in [4.78, 5) is 14.8. The lowest BCUT2D eigenvalue weighted by Gasteiger charge is -2.32. The molecule has 1 saturated heterocycles. The van der Waals surface area contributed by atoms with Crippen molar-refractivity contribution in [3.8, 4) is 0 Å². The maximum Gasteiger partial charge on any atom is 0.270 e. The number of carbonyl (C=O) groups excluding carboxylic acids is 1. The highest BCUT2D eigenvalue weighted by atomic mass is 16.2. The molecule has 134 valence electrons. The van der Waals surface area contributed by atoms with Gasteiger partial charge in [-0.3, -0.25) is 4.79 Å². The Kier molecular flexibility index (Phi) is 4.56. The topological polar surface area (TPSA) is 56.0 Å². The number of likely N-dealkylation sites (tertiary alicyclic amines) is 1. The smallest absolute Gasteiger partial charge is 0.270 e. The molecule has 6 nitrogen and oxygen atoms in total. The van der Waals surface area contributed by atoms with E-state index >= 15 is 0 Å². The number of benzene rings is 1. The second kappa shape index (κ2) is 7.15. The van der Waals surface area contributed by atoms with Crippen LogP contribution in [-0.2, 0) is 13.6 Å². The molecule has 1 aromatic carbocycles. The summed E-state index contributed by atoms with van der Waals surface area (Å²) in [5.74, 6) is 1.29. The maximum absolute atomic E-state index is 12.8. The molecule has 6 heteroatoms. The molecule has 2 aromatic heterocycles. The van der Waals surface area contributed by atoms with Crippen molar-refractivity contribution in [2.45, 2.75) is 25.3 Å². The molecule has 26 heavy (non-hydrogen) atoms. The average molecular weight is 349 g/mol. The third kappa shape index (κ3) is 3.27. The Labute approximate surface area is 153 Å². The number of nitrogens with zero attached hydrogens (tertiary/aromatic N) is 5. The van der Waals surface area contributed by atoms with Gasteiger partial charge in [0.05, 0.1) is 6.54 Å². The molecule has 0 aliphatic carbocycles. The Morgan fingerprint density at radius 3 is 2.81 bits per heavy atom. The Balaban J connectivity index is 1.51. The number of piperidine rings is 1. The molecular formula is C20H23N5O. The first-order chi connectivity index (χ1) is 12.7.